The van der Waals surface area contributed by atoms with Crippen molar-refractivity contribution in [3.63, 3.8) is 0 Å². The molecule has 0 saturated carbocycles. The molecule has 0 spiro atoms. The summed E-state index contributed by atoms with van der Waals surface area (Å²) in [6.45, 7) is 4.28. The number of aliphatic hydroxyl groups is 3. The molecule has 1 aliphatic heterocycles. The van der Waals surface area contributed by atoms with Crippen LogP contribution in [0.3, 0.4) is 0 Å². The fourth-order valence-electron chi connectivity index (χ4n) is 2.75. The average Bonchev–Trinajstić information content (AvgIpc) is 2.37. The van der Waals surface area contributed by atoms with Gasteiger partial charge in [-0.2, -0.15) is 0 Å². The molecule has 0 aromatic carbocycles. The summed E-state index contributed by atoms with van der Waals surface area (Å²) in [5.41, 5.74) is 0. The standard InChI is InChI=1S/C13H28N2O3/c16-6-1-3-12-9-13(14-4-2-7-17)11-15(10-12)5-8-18/h12-14,16-18H,1-11H2. The smallest absolute Gasteiger partial charge is 0.0558 e. The van der Waals surface area contributed by atoms with Gasteiger partial charge in [0, 0.05) is 38.9 Å². The third-order valence-corrected chi connectivity index (χ3v) is 3.57. The lowest BCUT2D eigenvalue weighted by molar-refractivity contribution is 0.107. The van der Waals surface area contributed by atoms with Crippen LogP contribution in [0, 0.1) is 5.92 Å². The lowest BCUT2D eigenvalue weighted by Gasteiger charge is -2.38. The van der Waals surface area contributed by atoms with Crippen LogP contribution < -0.4 is 5.32 Å². The summed E-state index contributed by atoms with van der Waals surface area (Å²) < 4.78 is 0. The first kappa shape index (κ1) is 15.9. The number of aliphatic hydroxyl groups excluding tert-OH is 3. The van der Waals surface area contributed by atoms with E-state index in [0.29, 0.717) is 12.0 Å². The van der Waals surface area contributed by atoms with Crippen LogP contribution >= 0.6 is 0 Å². The number of likely N-dealkylation sites (tertiary alicyclic amines) is 1. The Kier molecular flexibility index (Phi) is 8.54. The first-order valence-electron chi connectivity index (χ1n) is 7.08. The van der Waals surface area contributed by atoms with Gasteiger partial charge in [-0.15, -0.1) is 0 Å². The molecular formula is C13H28N2O3. The molecule has 0 bridgehead atoms. The van der Waals surface area contributed by atoms with Crippen molar-refractivity contribution in [3.8, 4) is 0 Å². The zero-order valence-electron chi connectivity index (χ0n) is 11.2. The van der Waals surface area contributed by atoms with Gasteiger partial charge in [-0.05, 0) is 38.1 Å². The summed E-state index contributed by atoms with van der Waals surface area (Å²) in [5, 5.41) is 30.2. The van der Waals surface area contributed by atoms with Crippen molar-refractivity contribution in [1.29, 1.82) is 0 Å². The predicted octanol–water partition coefficient (Wildman–Crippen LogP) is -0.586. The Hall–Kier alpha value is -0.200. The molecule has 1 fully saturated rings. The van der Waals surface area contributed by atoms with E-state index in [0.717, 1.165) is 51.9 Å². The second-order valence-electron chi connectivity index (χ2n) is 5.18. The Morgan fingerprint density at radius 2 is 1.78 bits per heavy atom. The minimum atomic E-state index is 0.204. The molecule has 5 heteroatoms. The van der Waals surface area contributed by atoms with Crippen LogP contribution in [0.25, 0.3) is 0 Å². The Bertz CT molecular complexity index is 205. The summed E-state index contributed by atoms with van der Waals surface area (Å²) in [4.78, 5) is 2.29. The van der Waals surface area contributed by atoms with E-state index in [-0.39, 0.29) is 19.8 Å². The third-order valence-electron chi connectivity index (χ3n) is 3.57. The van der Waals surface area contributed by atoms with E-state index < -0.39 is 0 Å². The maximum Gasteiger partial charge on any atom is 0.0558 e. The van der Waals surface area contributed by atoms with E-state index >= 15 is 0 Å². The summed E-state index contributed by atoms with van der Waals surface area (Å²) in [6.07, 6.45) is 3.84. The van der Waals surface area contributed by atoms with Gasteiger partial charge in [0.2, 0.25) is 0 Å². The van der Waals surface area contributed by atoms with Crippen molar-refractivity contribution in [3.05, 3.63) is 0 Å². The molecule has 0 radical (unpaired) electrons. The molecule has 18 heavy (non-hydrogen) atoms. The topological polar surface area (TPSA) is 76.0 Å². The van der Waals surface area contributed by atoms with Gasteiger partial charge in [-0.3, -0.25) is 4.90 Å². The molecule has 5 nitrogen and oxygen atoms in total. The van der Waals surface area contributed by atoms with Crippen LogP contribution in [0.2, 0.25) is 0 Å². The van der Waals surface area contributed by atoms with Crippen LogP contribution in [0.5, 0.6) is 0 Å². The lowest BCUT2D eigenvalue weighted by Crippen LogP contribution is -2.50. The molecule has 0 aromatic heterocycles. The van der Waals surface area contributed by atoms with Gasteiger partial charge < -0.3 is 20.6 Å². The zero-order chi connectivity index (χ0) is 13.2. The number of hydrogen-bond acceptors (Lipinski definition) is 5. The quantitative estimate of drug-likeness (QED) is 0.417. The van der Waals surface area contributed by atoms with Crippen LogP contribution in [-0.2, 0) is 0 Å². The van der Waals surface area contributed by atoms with Crippen LogP contribution in [0.1, 0.15) is 25.7 Å². The first-order valence-corrected chi connectivity index (χ1v) is 7.08. The molecule has 1 saturated heterocycles. The Balaban J connectivity index is 2.35. The highest BCUT2D eigenvalue weighted by Crippen LogP contribution is 2.21. The third kappa shape index (κ3) is 6.11. The number of nitrogens with one attached hydrogen (secondary N) is 1. The maximum atomic E-state index is 9.05. The molecule has 2 unspecified atom stereocenters. The number of nitrogens with zero attached hydrogens (tertiary/aromatic N) is 1. The van der Waals surface area contributed by atoms with Gasteiger partial charge in [0.15, 0.2) is 0 Å². The highest BCUT2D eigenvalue weighted by molar-refractivity contribution is 4.83. The Labute approximate surface area is 110 Å². The molecule has 4 N–H and O–H groups in total. The number of rotatable bonds is 9. The monoisotopic (exact) mass is 260 g/mol. The molecule has 2 atom stereocenters. The van der Waals surface area contributed by atoms with Gasteiger partial charge in [-0.1, -0.05) is 0 Å². The second-order valence-corrected chi connectivity index (χ2v) is 5.18. The second kappa shape index (κ2) is 9.69. The molecule has 108 valence electrons. The highest BCUT2D eigenvalue weighted by Gasteiger charge is 2.26. The molecular weight excluding hydrogens is 232 g/mol. The SMILES string of the molecule is OCCCNC1CC(CCCO)CN(CCO)C1. The van der Waals surface area contributed by atoms with E-state index in [1.807, 2.05) is 0 Å². The first-order chi connectivity index (χ1) is 8.80. The van der Waals surface area contributed by atoms with Gasteiger partial charge in [0.25, 0.3) is 0 Å². The molecule has 0 aliphatic carbocycles. The average molecular weight is 260 g/mol. The van der Waals surface area contributed by atoms with Crippen molar-refractivity contribution in [2.45, 2.75) is 31.7 Å². The number of hydrogen-bond donors (Lipinski definition) is 4. The summed E-state index contributed by atoms with van der Waals surface area (Å²) in [5.74, 6) is 0.601. The Morgan fingerprint density at radius 1 is 1.00 bits per heavy atom. The van der Waals surface area contributed by atoms with Crippen LogP contribution in [0.15, 0.2) is 0 Å². The molecule has 0 amide bonds. The van der Waals surface area contributed by atoms with Crippen LogP contribution in [0.4, 0.5) is 0 Å². The van der Waals surface area contributed by atoms with Gasteiger partial charge in [0.05, 0.1) is 6.61 Å². The van der Waals surface area contributed by atoms with Crippen molar-refractivity contribution in [1.82, 2.24) is 10.2 Å². The fraction of sp³-hybridized carbons (Fsp3) is 1.00. The number of piperidine rings is 1. The van der Waals surface area contributed by atoms with E-state index in [1.165, 1.54) is 0 Å². The number of β-amino-alcohol motifs (C(OH)–C–C–N with tert-alkyl or cyclic N) is 1. The normalized spacial score (nSPS) is 25.5. The predicted molar refractivity (Wildman–Crippen MR) is 71.4 cm³/mol. The van der Waals surface area contributed by atoms with E-state index in [9.17, 15) is 0 Å². The van der Waals surface area contributed by atoms with Gasteiger partial charge in [-0.25, -0.2) is 0 Å². The zero-order valence-corrected chi connectivity index (χ0v) is 11.2. The molecule has 0 aromatic rings. The Morgan fingerprint density at radius 3 is 2.44 bits per heavy atom. The minimum Gasteiger partial charge on any atom is -0.396 e. The highest BCUT2D eigenvalue weighted by atomic mass is 16.3. The van der Waals surface area contributed by atoms with E-state index in [2.05, 4.69) is 10.2 Å². The van der Waals surface area contributed by atoms with Crippen LogP contribution in [-0.4, -0.2) is 72.3 Å². The maximum absolute atomic E-state index is 9.05. The van der Waals surface area contributed by atoms with Crippen molar-refractivity contribution >= 4 is 0 Å². The fourth-order valence-corrected chi connectivity index (χ4v) is 2.75. The molecule has 1 heterocycles. The summed E-state index contributed by atoms with van der Waals surface area (Å²) >= 11 is 0. The molecule has 1 rings (SSSR count). The summed E-state index contributed by atoms with van der Waals surface area (Å²) in [7, 11) is 0. The van der Waals surface area contributed by atoms with Crippen molar-refractivity contribution < 1.29 is 15.3 Å². The summed E-state index contributed by atoms with van der Waals surface area (Å²) in [6, 6.07) is 0.445. The van der Waals surface area contributed by atoms with Crippen molar-refractivity contribution in [2.75, 3.05) is 46.0 Å². The largest absolute Gasteiger partial charge is 0.396 e. The molecule has 1 aliphatic rings. The lowest BCUT2D eigenvalue weighted by atomic mass is 9.90. The van der Waals surface area contributed by atoms with Gasteiger partial charge >= 0.3 is 0 Å². The van der Waals surface area contributed by atoms with E-state index in [4.69, 9.17) is 15.3 Å². The minimum absolute atomic E-state index is 0.204. The van der Waals surface area contributed by atoms with E-state index in [1.54, 1.807) is 0 Å². The van der Waals surface area contributed by atoms with Gasteiger partial charge in [0.1, 0.15) is 0 Å². The van der Waals surface area contributed by atoms with Crippen molar-refractivity contribution in [2.24, 2.45) is 5.92 Å².